The van der Waals surface area contributed by atoms with Crippen molar-refractivity contribution < 1.29 is 4.52 Å². The highest BCUT2D eigenvalue weighted by Crippen LogP contribution is 2.17. The Hall–Kier alpha value is -0.830. The second kappa shape index (κ2) is 3.53. The van der Waals surface area contributed by atoms with Gasteiger partial charge in [-0.1, -0.05) is 12.1 Å². The molecule has 62 valence electrons. The molecule has 3 heteroatoms. The molecular weight excluding hydrogens is 140 g/mol. The van der Waals surface area contributed by atoms with Crippen LogP contribution < -0.4 is 5.73 Å². The maximum atomic E-state index is 5.42. The van der Waals surface area contributed by atoms with Gasteiger partial charge < -0.3 is 10.3 Å². The van der Waals surface area contributed by atoms with Crippen molar-refractivity contribution >= 4 is 0 Å². The summed E-state index contributed by atoms with van der Waals surface area (Å²) in [6.45, 7) is 4.70. The van der Waals surface area contributed by atoms with E-state index in [9.17, 15) is 0 Å². The highest BCUT2D eigenvalue weighted by atomic mass is 16.5. The Kier molecular flexibility index (Phi) is 2.65. The largest absolute Gasteiger partial charge is 0.361 e. The predicted octanol–water partition coefficient (Wildman–Crippen LogP) is 1.44. The van der Waals surface area contributed by atoms with Crippen molar-refractivity contribution in [1.29, 1.82) is 0 Å². The number of rotatable bonds is 3. The molecule has 1 aromatic rings. The van der Waals surface area contributed by atoms with Crippen LogP contribution in [-0.4, -0.2) is 11.7 Å². The van der Waals surface area contributed by atoms with Gasteiger partial charge in [0.05, 0.1) is 5.69 Å². The van der Waals surface area contributed by atoms with E-state index in [1.54, 1.807) is 0 Å². The molecule has 0 saturated heterocycles. The summed E-state index contributed by atoms with van der Waals surface area (Å²) in [5.74, 6) is 1.28. The van der Waals surface area contributed by atoms with Crippen molar-refractivity contribution in [3.63, 3.8) is 0 Å². The number of hydrogen-bond donors (Lipinski definition) is 1. The van der Waals surface area contributed by atoms with E-state index in [1.807, 2.05) is 13.0 Å². The van der Waals surface area contributed by atoms with Crippen LogP contribution in [-0.2, 0) is 0 Å². The fourth-order valence-corrected chi connectivity index (χ4v) is 1.02. The van der Waals surface area contributed by atoms with Crippen LogP contribution in [0.4, 0.5) is 0 Å². The molecule has 1 atom stereocenters. The summed E-state index contributed by atoms with van der Waals surface area (Å²) in [5.41, 5.74) is 6.42. The summed E-state index contributed by atoms with van der Waals surface area (Å²) in [7, 11) is 0. The number of nitrogens with two attached hydrogens (primary N) is 1. The zero-order chi connectivity index (χ0) is 8.27. The molecule has 11 heavy (non-hydrogen) atoms. The number of aryl methyl sites for hydroxylation is 1. The van der Waals surface area contributed by atoms with Gasteiger partial charge in [0.1, 0.15) is 5.76 Å². The van der Waals surface area contributed by atoms with Crippen LogP contribution in [0, 0.1) is 6.92 Å². The molecule has 1 heterocycles. The van der Waals surface area contributed by atoms with Gasteiger partial charge in [0.25, 0.3) is 0 Å². The third-order valence-electron chi connectivity index (χ3n) is 1.75. The minimum atomic E-state index is 0.414. The molecule has 0 fully saturated rings. The lowest BCUT2D eigenvalue weighted by atomic mass is 10.0. The van der Waals surface area contributed by atoms with Crippen LogP contribution in [0.5, 0.6) is 0 Å². The van der Waals surface area contributed by atoms with E-state index in [4.69, 9.17) is 10.3 Å². The molecule has 0 aliphatic heterocycles. The van der Waals surface area contributed by atoms with Crippen LogP contribution in [0.1, 0.15) is 30.7 Å². The summed E-state index contributed by atoms with van der Waals surface area (Å²) in [5, 5.41) is 3.90. The SMILES string of the molecule is Cc1cc(C(C)CCN)no1. The Balaban J connectivity index is 2.60. The number of hydrogen-bond acceptors (Lipinski definition) is 3. The van der Waals surface area contributed by atoms with E-state index in [2.05, 4.69) is 12.1 Å². The van der Waals surface area contributed by atoms with Gasteiger partial charge in [-0.2, -0.15) is 0 Å². The highest BCUT2D eigenvalue weighted by molar-refractivity contribution is 5.08. The fraction of sp³-hybridized carbons (Fsp3) is 0.625. The Bertz CT molecular complexity index is 220. The Morgan fingerprint density at radius 1 is 1.73 bits per heavy atom. The predicted molar refractivity (Wildman–Crippen MR) is 43.3 cm³/mol. The average molecular weight is 154 g/mol. The molecular formula is C8H14N2O. The third-order valence-corrected chi connectivity index (χ3v) is 1.75. The fourth-order valence-electron chi connectivity index (χ4n) is 1.02. The average Bonchev–Trinajstić information content (AvgIpc) is 2.36. The van der Waals surface area contributed by atoms with Gasteiger partial charge in [-0.15, -0.1) is 0 Å². The first-order valence-corrected chi connectivity index (χ1v) is 3.87. The van der Waals surface area contributed by atoms with Gasteiger partial charge in [-0.3, -0.25) is 0 Å². The maximum absolute atomic E-state index is 5.42. The molecule has 0 spiro atoms. The first kappa shape index (κ1) is 8.27. The molecule has 1 aromatic heterocycles. The van der Waals surface area contributed by atoms with Gasteiger partial charge in [0, 0.05) is 12.0 Å². The number of nitrogens with zero attached hydrogens (tertiary/aromatic N) is 1. The topological polar surface area (TPSA) is 52.0 Å². The lowest BCUT2D eigenvalue weighted by molar-refractivity contribution is 0.385. The van der Waals surface area contributed by atoms with Gasteiger partial charge in [0.15, 0.2) is 0 Å². The molecule has 0 aliphatic rings. The van der Waals surface area contributed by atoms with Crippen LogP contribution in [0.3, 0.4) is 0 Å². The molecule has 0 amide bonds. The summed E-state index contributed by atoms with van der Waals surface area (Å²) in [6, 6.07) is 1.96. The van der Waals surface area contributed by atoms with Gasteiger partial charge in [-0.25, -0.2) is 0 Å². The second-order valence-corrected chi connectivity index (χ2v) is 2.84. The third kappa shape index (κ3) is 2.05. The van der Waals surface area contributed by atoms with Crippen molar-refractivity contribution in [1.82, 2.24) is 5.16 Å². The van der Waals surface area contributed by atoms with Crippen molar-refractivity contribution in [2.75, 3.05) is 6.54 Å². The van der Waals surface area contributed by atoms with Crippen LogP contribution in [0.15, 0.2) is 10.6 Å². The van der Waals surface area contributed by atoms with Crippen LogP contribution >= 0.6 is 0 Å². The van der Waals surface area contributed by atoms with Crippen molar-refractivity contribution in [3.8, 4) is 0 Å². The normalized spacial score (nSPS) is 13.4. The van der Waals surface area contributed by atoms with E-state index in [-0.39, 0.29) is 0 Å². The number of aromatic nitrogens is 1. The first-order valence-electron chi connectivity index (χ1n) is 3.87. The minimum absolute atomic E-state index is 0.414. The standard InChI is InChI=1S/C8H14N2O/c1-6(3-4-9)8-5-7(2)11-10-8/h5-6H,3-4,9H2,1-2H3. The molecule has 0 aliphatic carbocycles. The lowest BCUT2D eigenvalue weighted by Gasteiger charge is -2.03. The molecule has 0 aromatic carbocycles. The Morgan fingerprint density at radius 2 is 2.45 bits per heavy atom. The molecule has 1 rings (SSSR count). The molecule has 0 radical (unpaired) electrons. The maximum Gasteiger partial charge on any atom is 0.133 e. The zero-order valence-corrected chi connectivity index (χ0v) is 7.00. The lowest BCUT2D eigenvalue weighted by Crippen LogP contribution is -2.04. The molecule has 0 saturated carbocycles. The quantitative estimate of drug-likeness (QED) is 0.716. The van der Waals surface area contributed by atoms with Crippen molar-refractivity contribution in [3.05, 3.63) is 17.5 Å². The molecule has 1 unspecified atom stereocenters. The Labute approximate surface area is 66.6 Å². The first-order chi connectivity index (χ1) is 5.24. The van der Waals surface area contributed by atoms with Gasteiger partial charge in [0.2, 0.25) is 0 Å². The van der Waals surface area contributed by atoms with Crippen LogP contribution in [0.2, 0.25) is 0 Å². The van der Waals surface area contributed by atoms with E-state index in [0.717, 1.165) is 17.9 Å². The van der Waals surface area contributed by atoms with Gasteiger partial charge in [-0.05, 0) is 19.9 Å². The van der Waals surface area contributed by atoms with Crippen molar-refractivity contribution in [2.24, 2.45) is 5.73 Å². The summed E-state index contributed by atoms with van der Waals surface area (Å²) in [6.07, 6.45) is 0.964. The second-order valence-electron chi connectivity index (χ2n) is 2.84. The van der Waals surface area contributed by atoms with E-state index in [1.165, 1.54) is 0 Å². The Morgan fingerprint density at radius 3 is 2.91 bits per heavy atom. The summed E-state index contributed by atoms with van der Waals surface area (Å²) >= 11 is 0. The molecule has 0 bridgehead atoms. The molecule has 3 nitrogen and oxygen atoms in total. The molecule has 2 N–H and O–H groups in total. The monoisotopic (exact) mass is 154 g/mol. The van der Waals surface area contributed by atoms with Gasteiger partial charge >= 0.3 is 0 Å². The van der Waals surface area contributed by atoms with Crippen molar-refractivity contribution in [2.45, 2.75) is 26.2 Å². The minimum Gasteiger partial charge on any atom is -0.361 e. The van der Waals surface area contributed by atoms with Crippen LogP contribution in [0.25, 0.3) is 0 Å². The highest BCUT2D eigenvalue weighted by Gasteiger charge is 2.08. The van der Waals surface area contributed by atoms with E-state index >= 15 is 0 Å². The smallest absolute Gasteiger partial charge is 0.133 e. The summed E-state index contributed by atoms with van der Waals surface area (Å²) in [4.78, 5) is 0. The van der Waals surface area contributed by atoms with E-state index in [0.29, 0.717) is 12.5 Å². The zero-order valence-electron chi connectivity index (χ0n) is 7.00. The summed E-state index contributed by atoms with van der Waals surface area (Å²) < 4.78 is 4.94. The van der Waals surface area contributed by atoms with E-state index < -0.39 is 0 Å².